The minimum atomic E-state index is -0.639. The summed E-state index contributed by atoms with van der Waals surface area (Å²) in [5.41, 5.74) is -1.28. The second kappa shape index (κ2) is 10.3. The lowest BCUT2D eigenvalue weighted by Crippen LogP contribution is -2.31. The summed E-state index contributed by atoms with van der Waals surface area (Å²) in [5, 5.41) is 35.8. The summed E-state index contributed by atoms with van der Waals surface area (Å²) in [5.74, 6) is 0.392. The van der Waals surface area contributed by atoms with E-state index in [0.717, 1.165) is 64.2 Å². The molecule has 0 aliphatic heterocycles. The summed E-state index contributed by atoms with van der Waals surface area (Å²) in [4.78, 5) is 0. The molecule has 0 heterocycles. The minimum absolute atomic E-state index is 0.392. The third kappa shape index (κ3) is 5.81. The summed E-state index contributed by atoms with van der Waals surface area (Å²) < 4.78 is 0. The molecule has 3 rings (SSSR count). The van der Waals surface area contributed by atoms with Crippen LogP contribution in [0, 0.1) is 39.9 Å². The van der Waals surface area contributed by atoms with Crippen LogP contribution in [0.1, 0.15) is 96.3 Å². The van der Waals surface area contributed by atoms with Crippen molar-refractivity contribution in [1.29, 1.82) is 15.8 Å². The Morgan fingerprint density at radius 3 is 1.27 bits per heavy atom. The van der Waals surface area contributed by atoms with Gasteiger partial charge in [0.2, 0.25) is 0 Å². The maximum atomic E-state index is 9.34. The van der Waals surface area contributed by atoms with Gasteiger partial charge in [-0.15, -0.1) is 0 Å². The quantitative estimate of drug-likeness (QED) is 0.571. The highest BCUT2D eigenvalue weighted by Gasteiger charge is 2.36. The van der Waals surface area contributed by atoms with Crippen molar-refractivity contribution in [1.82, 2.24) is 0 Å². The lowest BCUT2D eigenvalue weighted by molar-refractivity contribution is 0.310. The number of hydrogen-bond acceptors (Lipinski definition) is 5. The van der Waals surface area contributed by atoms with E-state index in [2.05, 4.69) is 28.4 Å². The zero-order valence-electron chi connectivity index (χ0n) is 15.9. The SMILES string of the molecule is N#CC1(N=NC2(C#N)CCCCC2)CCCCC1.N#CC1CCCCC1. The molecule has 0 aromatic rings. The third-order valence-corrected chi connectivity index (χ3v) is 6.00. The van der Waals surface area contributed by atoms with Crippen molar-refractivity contribution in [3.63, 3.8) is 0 Å². The van der Waals surface area contributed by atoms with Gasteiger partial charge in [-0.05, 0) is 64.2 Å². The zero-order chi connectivity index (χ0) is 18.7. The highest BCUT2D eigenvalue weighted by molar-refractivity contribution is 5.12. The van der Waals surface area contributed by atoms with Crippen LogP contribution in [0.15, 0.2) is 10.2 Å². The van der Waals surface area contributed by atoms with E-state index in [1.165, 1.54) is 32.1 Å². The zero-order valence-corrected chi connectivity index (χ0v) is 15.9. The third-order valence-electron chi connectivity index (χ3n) is 6.00. The molecule has 0 aromatic carbocycles. The van der Waals surface area contributed by atoms with E-state index in [0.29, 0.717) is 5.92 Å². The fourth-order valence-electron chi connectivity index (χ4n) is 4.16. The molecule has 5 heteroatoms. The van der Waals surface area contributed by atoms with E-state index in [1.807, 2.05) is 0 Å². The molecule has 0 bridgehead atoms. The van der Waals surface area contributed by atoms with Crippen LogP contribution in [-0.4, -0.2) is 11.1 Å². The molecule has 0 aromatic heterocycles. The van der Waals surface area contributed by atoms with E-state index in [-0.39, 0.29) is 0 Å². The molecule has 3 saturated carbocycles. The van der Waals surface area contributed by atoms with Gasteiger partial charge in [0.05, 0.1) is 18.2 Å². The Kier molecular flexibility index (Phi) is 8.06. The van der Waals surface area contributed by atoms with E-state index >= 15 is 0 Å². The lowest BCUT2D eigenvalue weighted by Gasteiger charge is -2.29. The Balaban J connectivity index is 0.000000254. The van der Waals surface area contributed by atoms with Crippen LogP contribution in [0.3, 0.4) is 0 Å². The van der Waals surface area contributed by atoms with Crippen molar-refractivity contribution in [3.05, 3.63) is 0 Å². The molecule has 0 atom stereocenters. The Bertz CT molecular complexity index is 533. The van der Waals surface area contributed by atoms with E-state index < -0.39 is 11.1 Å². The highest BCUT2D eigenvalue weighted by Crippen LogP contribution is 2.36. The van der Waals surface area contributed by atoms with Gasteiger partial charge in [-0.2, -0.15) is 26.0 Å². The first-order chi connectivity index (χ1) is 12.7. The average molecular weight is 354 g/mol. The van der Waals surface area contributed by atoms with Crippen LogP contribution in [0.25, 0.3) is 0 Å². The molecule has 26 heavy (non-hydrogen) atoms. The number of azo groups is 1. The van der Waals surface area contributed by atoms with Crippen molar-refractivity contribution < 1.29 is 0 Å². The Hall–Kier alpha value is -1.93. The molecule has 3 aliphatic carbocycles. The summed E-state index contributed by atoms with van der Waals surface area (Å²) >= 11 is 0. The maximum Gasteiger partial charge on any atom is 0.167 e. The number of nitriles is 3. The van der Waals surface area contributed by atoms with Crippen molar-refractivity contribution >= 4 is 0 Å². The van der Waals surface area contributed by atoms with Gasteiger partial charge in [0.1, 0.15) is 0 Å². The van der Waals surface area contributed by atoms with Crippen LogP contribution in [0.5, 0.6) is 0 Å². The monoisotopic (exact) mass is 353 g/mol. The van der Waals surface area contributed by atoms with E-state index in [1.54, 1.807) is 0 Å². The normalized spacial score (nSPS) is 25.1. The van der Waals surface area contributed by atoms with Crippen LogP contribution < -0.4 is 0 Å². The summed E-state index contributed by atoms with van der Waals surface area (Å²) in [6.07, 6.45) is 16.0. The second-order valence-electron chi connectivity index (χ2n) is 8.07. The van der Waals surface area contributed by atoms with E-state index in [9.17, 15) is 10.5 Å². The van der Waals surface area contributed by atoms with Crippen molar-refractivity contribution in [2.24, 2.45) is 16.1 Å². The van der Waals surface area contributed by atoms with Gasteiger partial charge in [-0.1, -0.05) is 32.1 Å². The molecule has 5 nitrogen and oxygen atoms in total. The molecule has 0 radical (unpaired) electrons. The first-order valence-corrected chi connectivity index (χ1v) is 10.3. The van der Waals surface area contributed by atoms with Crippen molar-refractivity contribution in [2.45, 2.75) is 107 Å². The molecule has 0 unspecified atom stereocenters. The van der Waals surface area contributed by atoms with Crippen LogP contribution in [0.4, 0.5) is 0 Å². The summed E-state index contributed by atoms with van der Waals surface area (Å²) in [6, 6.07) is 6.96. The average Bonchev–Trinajstić information content (AvgIpc) is 2.75. The van der Waals surface area contributed by atoms with Crippen LogP contribution >= 0.6 is 0 Å². The Morgan fingerprint density at radius 1 is 0.577 bits per heavy atom. The molecular weight excluding hydrogens is 322 g/mol. The van der Waals surface area contributed by atoms with Crippen molar-refractivity contribution in [3.8, 4) is 18.2 Å². The predicted molar refractivity (Wildman–Crippen MR) is 99.9 cm³/mol. The van der Waals surface area contributed by atoms with Crippen LogP contribution in [-0.2, 0) is 0 Å². The smallest absolute Gasteiger partial charge is 0.167 e. The Labute approximate surface area is 158 Å². The number of rotatable bonds is 2. The van der Waals surface area contributed by atoms with Gasteiger partial charge in [-0.3, -0.25) is 0 Å². The predicted octanol–water partition coefficient (Wildman–Crippen LogP) is 5.98. The lowest BCUT2D eigenvalue weighted by atomic mass is 9.82. The van der Waals surface area contributed by atoms with Gasteiger partial charge in [0, 0.05) is 5.92 Å². The fraction of sp³-hybridized carbons (Fsp3) is 0.857. The van der Waals surface area contributed by atoms with Gasteiger partial charge >= 0.3 is 0 Å². The molecule has 0 N–H and O–H groups in total. The van der Waals surface area contributed by atoms with E-state index in [4.69, 9.17) is 5.26 Å². The topological polar surface area (TPSA) is 96.1 Å². The van der Waals surface area contributed by atoms with Crippen LogP contribution in [0.2, 0.25) is 0 Å². The fourth-order valence-corrected chi connectivity index (χ4v) is 4.16. The van der Waals surface area contributed by atoms with Gasteiger partial charge in [-0.25, -0.2) is 0 Å². The number of nitrogens with zero attached hydrogens (tertiary/aromatic N) is 5. The summed E-state index contributed by atoms with van der Waals surface area (Å²) in [7, 11) is 0. The molecule has 0 amide bonds. The van der Waals surface area contributed by atoms with Gasteiger partial charge < -0.3 is 0 Å². The largest absolute Gasteiger partial charge is 0.198 e. The second-order valence-corrected chi connectivity index (χ2v) is 8.07. The molecular formula is C21H31N5. The molecule has 0 saturated heterocycles. The first kappa shape index (κ1) is 20.4. The Morgan fingerprint density at radius 2 is 0.962 bits per heavy atom. The molecule has 3 fully saturated rings. The molecule has 3 aliphatic rings. The molecule has 140 valence electrons. The number of hydrogen-bond donors (Lipinski definition) is 0. The molecule has 0 spiro atoms. The standard InChI is InChI=1S/C14H20N4.C7H11N/c15-11-13(7-3-1-4-8-13)17-18-14(12-16)9-5-2-6-10-14;8-6-7-4-2-1-3-5-7/h1-10H2;7H,1-5H2. The maximum absolute atomic E-state index is 9.34. The first-order valence-electron chi connectivity index (χ1n) is 10.3. The minimum Gasteiger partial charge on any atom is -0.198 e. The highest BCUT2D eigenvalue weighted by atomic mass is 15.2. The van der Waals surface area contributed by atoms with Gasteiger partial charge in [0.15, 0.2) is 11.1 Å². The summed E-state index contributed by atoms with van der Waals surface area (Å²) in [6.45, 7) is 0. The van der Waals surface area contributed by atoms with Gasteiger partial charge in [0.25, 0.3) is 0 Å². The van der Waals surface area contributed by atoms with Crippen molar-refractivity contribution in [2.75, 3.05) is 0 Å².